The highest BCUT2D eigenvalue weighted by molar-refractivity contribution is 5.81. The lowest BCUT2D eigenvalue weighted by Crippen LogP contribution is -2.39. The highest BCUT2D eigenvalue weighted by Crippen LogP contribution is 2.18. The Kier molecular flexibility index (Phi) is 8.45. The van der Waals surface area contributed by atoms with Crippen LogP contribution in [0.5, 0.6) is 0 Å². The largest absolute Gasteiger partial charge is 0.304 e. The number of rotatable bonds is 10. The van der Waals surface area contributed by atoms with Crippen molar-refractivity contribution in [2.75, 3.05) is 39.3 Å². The van der Waals surface area contributed by atoms with Crippen LogP contribution in [0.3, 0.4) is 0 Å². The minimum atomic E-state index is -0.217. The zero-order valence-electron chi connectivity index (χ0n) is 13.3. The fraction of sp³-hybridized carbons (Fsp3) is 0.933. The maximum Gasteiger partial charge on any atom is 0.136 e. The van der Waals surface area contributed by atoms with Gasteiger partial charge >= 0.3 is 0 Å². The van der Waals surface area contributed by atoms with Gasteiger partial charge in [0.1, 0.15) is 5.78 Å². The molecule has 0 aliphatic rings. The third kappa shape index (κ3) is 6.50. The van der Waals surface area contributed by atoms with Crippen molar-refractivity contribution in [2.45, 2.75) is 48.0 Å². The first-order valence-electron chi connectivity index (χ1n) is 7.33. The Balaban J connectivity index is 4.09. The van der Waals surface area contributed by atoms with E-state index in [9.17, 15) is 4.79 Å². The molecular formula is C15H32N2O. The first-order valence-corrected chi connectivity index (χ1v) is 7.33. The minimum Gasteiger partial charge on any atom is -0.304 e. The van der Waals surface area contributed by atoms with Crippen LogP contribution in [-0.4, -0.2) is 54.9 Å². The molecule has 0 bridgehead atoms. The first kappa shape index (κ1) is 17.6. The lowest BCUT2D eigenvalue weighted by atomic mass is 9.88. The van der Waals surface area contributed by atoms with Gasteiger partial charge in [-0.1, -0.05) is 34.6 Å². The van der Waals surface area contributed by atoms with Crippen LogP contribution in [0, 0.1) is 5.41 Å². The van der Waals surface area contributed by atoms with E-state index in [1.807, 2.05) is 13.8 Å². The molecule has 108 valence electrons. The molecule has 3 heteroatoms. The van der Waals surface area contributed by atoms with Crippen molar-refractivity contribution in [1.82, 2.24) is 9.80 Å². The molecule has 0 aliphatic heterocycles. The second-order valence-corrected chi connectivity index (χ2v) is 5.69. The van der Waals surface area contributed by atoms with E-state index < -0.39 is 0 Å². The molecular weight excluding hydrogens is 224 g/mol. The minimum absolute atomic E-state index is 0.217. The van der Waals surface area contributed by atoms with Crippen molar-refractivity contribution in [3.8, 4) is 0 Å². The van der Waals surface area contributed by atoms with E-state index in [0.29, 0.717) is 0 Å². The van der Waals surface area contributed by atoms with Gasteiger partial charge in [0.2, 0.25) is 0 Å². The van der Waals surface area contributed by atoms with Crippen LogP contribution in [0.15, 0.2) is 0 Å². The third-order valence-corrected chi connectivity index (χ3v) is 3.86. The molecule has 0 aromatic heterocycles. The highest BCUT2D eigenvalue weighted by Gasteiger charge is 2.25. The fourth-order valence-corrected chi connectivity index (χ4v) is 2.08. The normalized spacial score (nSPS) is 12.4. The second kappa shape index (κ2) is 8.65. The molecule has 0 fully saturated rings. The van der Waals surface area contributed by atoms with Gasteiger partial charge in [-0.3, -0.25) is 4.79 Å². The number of nitrogens with zero attached hydrogens (tertiary/aromatic N) is 2. The van der Waals surface area contributed by atoms with Gasteiger partial charge in [-0.25, -0.2) is 0 Å². The van der Waals surface area contributed by atoms with Crippen LogP contribution in [0.2, 0.25) is 0 Å². The molecule has 0 rings (SSSR count). The molecule has 0 unspecified atom stereocenters. The van der Waals surface area contributed by atoms with Crippen molar-refractivity contribution >= 4 is 5.78 Å². The molecule has 0 radical (unpaired) electrons. The molecule has 0 spiro atoms. The number of carbonyl (C=O) groups excluding carboxylic acids is 1. The number of carbonyl (C=O) groups is 1. The highest BCUT2D eigenvalue weighted by atomic mass is 16.1. The molecule has 0 aromatic rings. The number of ketones is 1. The Bertz CT molecular complexity index is 235. The Morgan fingerprint density at radius 2 is 1.39 bits per heavy atom. The molecule has 0 atom stereocenters. The zero-order valence-corrected chi connectivity index (χ0v) is 13.3. The Morgan fingerprint density at radius 1 is 0.944 bits per heavy atom. The Morgan fingerprint density at radius 3 is 1.78 bits per heavy atom. The van der Waals surface area contributed by atoms with Gasteiger partial charge < -0.3 is 9.80 Å². The summed E-state index contributed by atoms with van der Waals surface area (Å²) < 4.78 is 0. The maximum absolute atomic E-state index is 11.6. The summed E-state index contributed by atoms with van der Waals surface area (Å²) in [7, 11) is 0. The molecule has 0 amide bonds. The van der Waals surface area contributed by atoms with Gasteiger partial charge in [-0.15, -0.1) is 0 Å². The van der Waals surface area contributed by atoms with Gasteiger partial charge in [0.05, 0.1) is 0 Å². The lowest BCUT2D eigenvalue weighted by Gasteiger charge is -2.30. The van der Waals surface area contributed by atoms with E-state index in [1.165, 1.54) is 6.42 Å². The SMILES string of the molecule is CCN(CC)CCCN(CC)CC(C)(C)C(C)=O. The molecule has 0 heterocycles. The summed E-state index contributed by atoms with van der Waals surface area (Å²) in [5.41, 5.74) is -0.217. The van der Waals surface area contributed by atoms with Gasteiger partial charge in [-0.05, 0) is 46.1 Å². The lowest BCUT2D eigenvalue weighted by molar-refractivity contribution is -0.125. The summed E-state index contributed by atoms with van der Waals surface area (Å²) in [5.74, 6) is 0.282. The molecule has 0 saturated heterocycles. The topological polar surface area (TPSA) is 23.6 Å². The zero-order chi connectivity index (χ0) is 14.2. The van der Waals surface area contributed by atoms with E-state index in [1.54, 1.807) is 6.92 Å². The average Bonchev–Trinajstić information content (AvgIpc) is 2.32. The van der Waals surface area contributed by atoms with Gasteiger partial charge in [0, 0.05) is 12.0 Å². The van der Waals surface area contributed by atoms with Crippen molar-refractivity contribution in [1.29, 1.82) is 0 Å². The molecule has 18 heavy (non-hydrogen) atoms. The number of hydrogen-bond donors (Lipinski definition) is 0. The smallest absolute Gasteiger partial charge is 0.136 e. The summed E-state index contributed by atoms with van der Waals surface area (Å²) in [6, 6.07) is 0. The van der Waals surface area contributed by atoms with Crippen LogP contribution in [-0.2, 0) is 4.79 Å². The van der Waals surface area contributed by atoms with E-state index in [4.69, 9.17) is 0 Å². The molecule has 0 saturated carbocycles. The first-order chi connectivity index (χ1) is 8.37. The van der Waals surface area contributed by atoms with Crippen LogP contribution >= 0.6 is 0 Å². The molecule has 0 aromatic carbocycles. The summed E-state index contributed by atoms with van der Waals surface area (Å²) in [4.78, 5) is 16.4. The summed E-state index contributed by atoms with van der Waals surface area (Å²) in [6.07, 6.45) is 1.18. The predicted octanol–water partition coefficient (Wildman–Crippen LogP) is 2.66. The van der Waals surface area contributed by atoms with Crippen LogP contribution in [0.4, 0.5) is 0 Å². The van der Waals surface area contributed by atoms with Crippen molar-refractivity contribution in [3.05, 3.63) is 0 Å². The molecule has 3 nitrogen and oxygen atoms in total. The summed E-state index contributed by atoms with van der Waals surface area (Å²) >= 11 is 0. The third-order valence-electron chi connectivity index (χ3n) is 3.86. The van der Waals surface area contributed by atoms with E-state index in [-0.39, 0.29) is 11.2 Å². The predicted molar refractivity (Wildman–Crippen MR) is 79.0 cm³/mol. The average molecular weight is 256 g/mol. The Hall–Kier alpha value is -0.410. The van der Waals surface area contributed by atoms with E-state index in [2.05, 4.69) is 30.6 Å². The van der Waals surface area contributed by atoms with Crippen molar-refractivity contribution in [2.24, 2.45) is 5.41 Å². The van der Waals surface area contributed by atoms with Crippen LogP contribution in [0.1, 0.15) is 48.0 Å². The maximum atomic E-state index is 11.6. The second-order valence-electron chi connectivity index (χ2n) is 5.69. The van der Waals surface area contributed by atoms with E-state index >= 15 is 0 Å². The number of Topliss-reactive ketones (excluding diaryl/α,β-unsaturated/α-hetero) is 1. The summed E-state index contributed by atoms with van der Waals surface area (Å²) in [6.45, 7) is 18.8. The van der Waals surface area contributed by atoms with Gasteiger partial charge in [-0.2, -0.15) is 0 Å². The van der Waals surface area contributed by atoms with E-state index in [0.717, 1.165) is 39.3 Å². The van der Waals surface area contributed by atoms with Crippen molar-refractivity contribution in [3.63, 3.8) is 0 Å². The van der Waals surface area contributed by atoms with Crippen LogP contribution in [0.25, 0.3) is 0 Å². The van der Waals surface area contributed by atoms with Crippen LogP contribution < -0.4 is 0 Å². The van der Waals surface area contributed by atoms with Gasteiger partial charge in [0.15, 0.2) is 0 Å². The van der Waals surface area contributed by atoms with Crippen molar-refractivity contribution < 1.29 is 4.79 Å². The summed E-state index contributed by atoms with van der Waals surface area (Å²) in [5, 5.41) is 0. The quantitative estimate of drug-likeness (QED) is 0.600. The number of hydrogen-bond acceptors (Lipinski definition) is 3. The Labute approximate surface area is 114 Å². The molecule has 0 aliphatic carbocycles. The van der Waals surface area contributed by atoms with Gasteiger partial charge in [0.25, 0.3) is 0 Å². The standard InChI is InChI=1S/C15H32N2O/c1-7-16(8-2)11-10-12-17(9-3)13-15(5,6)14(4)18/h7-13H2,1-6H3. The molecule has 0 N–H and O–H groups in total. The fourth-order valence-electron chi connectivity index (χ4n) is 2.08. The monoisotopic (exact) mass is 256 g/mol.